The van der Waals surface area contributed by atoms with Crippen LogP contribution in [0.4, 0.5) is 25.5 Å². The van der Waals surface area contributed by atoms with E-state index in [1.807, 2.05) is 9.80 Å². The van der Waals surface area contributed by atoms with Crippen LogP contribution in [-0.2, 0) is 9.47 Å². The highest BCUT2D eigenvalue weighted by atomic mass is 19.3. The highest BCUT2D eigenvalue weighted by Crippen LogP contribution is 2.33. The lowest BCUT2D eigenvalue weighted by Crippen LogP contribution is -2.52. The summed E-state index contributed by atoms with van der Waals surface area (Å²) in [6.07, 6.45) is -1.55. The van der Waals surface area contributed by atoms with Crippen LogP contribution in [0.5, 0.6) is 5.75 Å². The number of hydrogen-bond acceptors (Lipinski definition) is 10. The predicted octanol–water partition coefficient (Wildman–Crippen LogP) is 3.83. The summed E-state index contributed by atoms with van der Waals surface area (Å²) < 4.78 is 46.3. The maximum absolute atomic E-state index is 14.3. The molecule has 1 atom stereocenters. The number of para-hydroxylation sites is 1. The fourth-order valence-electron chi connectivity index (χ4n) is 4.85. The number of methoxy groups -OCH3 is 1. The first-order valence-corrected chi connectivity index (χ1v) is 13.3. The first-order valence-electron chi connectivity index (χ1n) is 13.3. The number of piperidine rings is 1. The average molecular weight is 561 g/mol. The third-order valence-electron chi connectivity index (χ3n) is 6.63. The largest absolute Gasteiger partial charge is 0.494 e. The van der Waals surface area contributed by atoms with Crippen LogP contribution in [0.1, 0.15) is 52.3 Å². The smallest absolute Gasteiger partial charge is 0.409 e. The quantitative estimate of drug-likeness (QED) is 0.476. The zero-order valence-corrected chi connectivity index (χ0v) is 23.1. The van der Waals surface area contributed by atoms with Crippen LogP contribution < -0.4 is 19.9 Å². The molecule has 2 fully saturated rings. The summed E-state index contributed by atoms with van der Waals surface area (Å²) >= 11 is 0. The van der Waals surface area contributed by atoms with Gasteiger partial charge in [0.2, 0.25) is 17.8 Å². The Labute approximate surface area is 230 Å². The Morgan fingerprint density at radius 2 is 1.77 bits per heavy atom. The van der Waals surface area contributed by atoms with E-state index >= 15 is 0 Å². The lowest BCUT2D eigenvalue weighted by molar-refractivity contribution is 0.0495. The van der Waals surface area contributed by atoms with Gasteiger partial charge in [0.15, 0.2) is 5.82 Å². The standard InChI is InChI=1S/C26H34F2N8O4/c1-26(2,3)40-25(37)29-18-10-5-6-11-35(18)23-31-22(34-12-14-39-15-13-34)32-24(33-23)36-16-8-7-9-17(38-4)19(16)30-21(36)20(27)28/h7-9,18,20H,5-6,10-15H2,1-4H3,(H,29,37). The first kappa shape index (κ1) is 27.7. The number of carbonyl (C=O) groups is 1. The van der Waals surface area contributed by atoms with E-state index in [1.165, 1.54) is 11.7 Å². The number of anilines is 2. The molecule has 2 aromatic heterocycles. The summed E-state index contributed by atoms with van der Waals surface area (Å²) in [6.45, 7) is 7.96. The second-order valence-corrected chi connectivity index (χ2v) is 10.6. The van der Waals surface area contributed by atoms with E-state index < -0.39 is 30.1 Å². The summed E-state index contributed by atoms with van der Waals surface area (Å²) in [5.74, 6) is 0.441. The van der Waals surface area contributed by atoms with E-state index in [4.69, 9.17) is 19.2 Å². The van der Waals surface area contributed by atoms with Gasteiger partial charge in [-0.05, 0) is 52.2 Å². The van der Waals surface area contributed by atoms with Gasteiger partial charge >= 0.3 is 6.09 Å². The van der Waals surface area contributed by atoms with Crippen molar-refractivity contribution in [2.75, 3.05) is 49.8 Å². The number of nitrogens with zero attached hydrogens (tertiary/aromatic N) is 7. The molecule has 12 nitrogen and oxygen atoms in total. The Kier molecular flexibility index (Phi) is 7.88. The molecule has 1 N–H and O–H groups in total. The maximum Gasteiger partial charge on any atom is 0.409 e. The number of alkyl halides is 2. The second kappa shape index (κ2) is 11.4. The molecule has 1 aromatic carbocycles. The van der Waals surface area contributed by atoms with Crippen molar-refractivity contribution >= 4 is 29.0 Å². The topological polar surface area (TPSA) is 120 Å². The minimum Gasteiger partial charge on any atom is -0.494 e. The molecule has 0 spiro atoms. The predicted molar refractivity (Wildman–Crippen MR) is 143 cm³/mol. The molecule has 216 valence electrons. The van der Waals surface area contributed by atoms with Crippen LogP contribution in [-0.4, -0.2) is 82.3 Å². The van der Waals surface area contributed by atoms with Crippen LogP contribution in [0, 0.1) is 0 Å². The van der Waals surface area contributed by atoms with Gasteiger partial charge in [0, 0.05) is 19.6 Å². The summed E-state index contributed by atoms with van der Waals surface area (Å²) in [7, 11) is 1.46. The van der Waals surface area contributed by atoms with Crippen molar-refractivity contribution in [2.24, 2.45) is 0 Å². The van der Waals surface area contributed by atoms with Crippen LogP contribution in [0.3, 0.4) is 0 Å². The zero-order valence-electron chi connectivity index (χ0n) is 23.1. The number of rotatable bonds is 6. The number of imidazole rings is 1. The Balaban J connectivity index is 1.62. The molecule has 3 aromatic rings. The van der Waals surface area contributed by atoms with Gasteiger partial charge < -0.3 is 29.3 Å². The van der Waals surface area contributed by atoms with Crippen LogP contribution in [0.2, 0.25) is 0 Å². The van der Waals surface area contributed by atoms with Gasteiger partial charge in [-0.1, -0.05) is 6.07 Å². The van der Waals surface area contributed by atoms with E-state index in [1.54, 1.807) is 39.0 Å². The molecule has 0 radical (unpaired) electrons. The number of carbonyl (C=O) groups excluding carboxylic acids is 1. The van der Waals surface area contributed by atoms with Gasteiger partial charge in [0.05, 0.1) is 25.8 Å². The molecular formula is C26H34F2N8O4. The van der Waals surface area contributed by atoms with E-state index in [0.29, 0.717) is 56.5 Å². The molecule has 1 unspecified atom stereocenters. The number of fused-ring (bicyclic) bond motifs is 1. The van der Waals surface area contributed by atoms with Crippen molar-refractivity contribution in [3.63, 3.8) is 0 Å². The third-order valence-corrected chi connectivity index (χ3v) is 6.63. The van der Waals surface area contributed by atoms with Gasteiger partial charge in [-0.2, -0.15) is 15.0 Å². The van der Waals surface area contributed by atoms with Crippen molar-refractivity contribution in [3.8, 4) is 11.7 Å². The number of halogens is 2. The van der Waals surface area contributed by atoms with Crippen molar-refractivity contribution in [2.45, 2.75) is 58.2 Å². The van der Waals surface area contributed by atoms with Gasteiger partial charge in [0.25, 0.3) is 6.43 Å². The molecule has 4 heterocycles. The number of ether oxygens (including phenoxy) is 3. The highest BCUT2D eigenvalue weighted by molar-refractivity contribution is 5.84. The Morgan fingerprint density at radius 1 is 1.05 bits per heavy atom. The SMILES string of the molecule is COc1cccc2c1nc(C(F)F)n2-c1nc(N2CCOCC2)nc(N2CCCCC2NC(=O)OC(C)(C)C)n1. The van der Waals surface area contributed by atoms with Gasteiger partial charge in [0.1, 0.15) is 23.0 Å². The first-order chi connectivity index (χ1) is 19.1. The Bertz CT molecular complexity index is 1360. The molecule has 0 bridgehead atoms. The number of hydrogen-bond donors (Lipinski definition) is 1. The fraction of sp³-hybridized carbons (Fsp3) is 0.577. The lowest BCUT2D eigenvalue weighted by Gasteiger charge is -2.37. The fourth-order valence-corrected chi connectivity index (χ4v) is 4.85. The summed E-state index contributed by atoms with van der Waals surface area (Å²) in [4.78, 5) is 34.7. The number of amides is 1. The minimum atomic E-state index is -2.90. The van der Waals surface area contributed by atoms with Crippen molar-refractivity contribution in [1.82, 2.24) is 29.8 Å². The number of alkyl carbamates (subject to hydrolysis) is 1. The van der Waals surface area contributed by atoms with Crippen molar-refractivity contribution in [3.05, 3.63) is 24.0 Å². The molecule has 1 amide bonds. The zero-order chi connectivity index (χ0) is 28.4. The Hall–Kier alpha value is -3.81. The molecule has 5 rings (SSSR count). The van der Waals surface area contributed by atoms with Gasteiger partial charge in [-0.3, -0.25) is 4.57 Å². The number of nitrogens with one attached hydrogen (secondary N) is 1. The molecule has 14 heteroatoms. The van der Waals surface area contributed by atoms with Crippen LogP contribution >= 0.6 is 0 Å². The molecule has 2 aliphatic rings. The van der Waals surface area contributed by atoms with Gasteiger partial charge in [-0.15, -0.1) is 0 Å². The van der Waals surface area contributed by atoms with E-state index in [2.05, 4.69) is 20.3 Å². The molecule has 2 saturated heterocycles. The van der Waals surface area contributed by atoms with Crippen LogP contribution in [0.15, 0.2) is 18.2 Å². The maximum atomic E-state index is 14.3. The minimum absolute atomic E-state index is 0.000800. The number of aromatic nitrogens is 5. The Morgan fingerprint density at radius 3 is 2.48 bits per heavy atom. The molecule has 40 heavy (non-hydrogen) atoms. The van der Waals surface area contributed by atoms with Gasteiger partial charge in [-0.25, -0.2) is 18.6 Å². The highest BCUT2D eigenvalue weighted by Gasteiger charge is 2.31. The summed E-state index contributed by atoms with van der Waals surface area (Å²) in [5.41, 5.74) is -0.0118. The van der Waals surface area contributed by atoms with E-state index in [9.17, 15) is 13.6 Å². The number of benzene rings is 1. The molecular weight excluding hydrogens is 526 g/mol. The van der Waals surface area contributed by atoms with Crippen molar-refractivity contribution < 1.29 is 27.8 Å². The summed E-state index contributed by atoms with van der Waals surface area (Å²) in [5, 5.41) is 2.93. The van der Waals surface area contributed by atoms with E-state index in [-0.39, 0.29) is 17.4 Å². The lowest BCUT2D eigenvalue weighted by atomic mass is 10.1. The second-order valence-electron chi connectivity index (χ2n) is 10.6. The molecule has 0 aliphatic carbocycles. The number of morpholine rings is 1. The third kappa shape index (κ3) is 5.86. The molecule has 2 aliphatic heterocycles. The average Bonchev–Trinajstić information content (AvgIpc) is 3.33. The normalized spacial score (nSPS) is 18.3. The van der Waals surface area contributed by atoms with E-state index in [0.717, 1.165) is 12.8 Å². The summed E-state index contributed by atoms with van der Waals surface area (Å²) in [6, 6.07) is 5.03. The van der Waals surface area contributed by atoms with Crippen molar-refractivity contribution in [1.29, 1.82) is 0 Å². The monoisotopic (exact) mass is 560 g/mol. The van der Waals surface area contributed by atoms with Crippen LogP contribution in [0.25, 0.3) is 17.0 Å². The molecule has 0 saturated carbocycles.